The van der Waals surface area contributed by atoms with Crippen molar-refractivity contribution in [1.82, 2.24) is 9.97 Å². The lowest BCUT2D eigenvalue weighted by atomic mass is 10.2. The molecule has 2 N–H and O–H groups in total. The topological polar surface area (TPSA) is 75.1 Å². The first kappa shape index (κ1) is 16.8. The monoisotopic (exact) mass is 337 g/mol. The van der Waals surface area contributed by atoms with Crippen LogP contribution < -0.4 is 5.32 Å². The molecule has 2 aromatic rings. The fourth-order valence-corrected chi connectivity index (χ4v) is 3.83. The summed E-state index contributed by atoms with van der Waals surface area (Å²) in [7, 11) is 0. The normalized spacial score (nSPS) is 11.4. The number of aromatic nitrogens is 2. The molecular weight excluding hydrogens is 318 g/mol. The molecular formula is C15H19N3O2S2. The summed E-state index contributed by atoms with van der Waals surface area (Å²) in [6, 6.07) is 3.97. The number of carboxylic acid groups (broad SMARTS) is 1. The summed E-state index contributed by atoms with van der Waals surface area (Å²) in [5.41, 5.74) is 2.10. The van der Waals surface area contributed by atoms with Crippen LogP contribution in [-0.2, 0) is 11.2 Å². The first-order valence-corrected chi connectivity index (χ1v) is 8.60. The number of aryl methyl sites for hydroxylation is 1. The highest BCUT2D eigenvalue weighted by Crippen LogP contribution is 2.34. The Morgan fingerprint density at radius 3 is 2.86 bits per heavy atom. The fourth-order valence-electron chi connectivity index (χ4n) is 1.60. The number of anilines is 1. The number of thioether (sulfide) groups is 1. The summed E-state index contributed by atoms with van der Waals surface area (Å²) >= 11 is 2.77. The van der Waals surface area contributed by atoms with Gasteiger partial charge in [0, 0.05) is 24.5 Å². The van der Waals surface area contributed by atoms with Gasteiger partial charge in [-0.25, -0.2) is 9.97 Å². The van der Waals surface area contributed by atoms with Crippen molar-refractivity contribution in [3.63, 3.8) is 0 Å². The molecule has 0 fully saturated rings. The molecule has 0 amide bonds. The Morgan fingerprint density at radius 1 is 1.45 bits per heavy atom. The highest BCUT2D eigenvalue weighted by Gasteiger charge is 2.29. The number of hydrogen-bond acceptors (Lipinski definition) is 6. The van der Waals surface area contributed by atoms with Gasteiger partial charge in [0.25, 0.3) is 0 Å². The van der Waals surface area contributed by atoms with Gasteiger partial charge in [-0.15, -0.1) is 11.3 Å². The van der Waals surface area contributed by atoms with Crippen LogP contribution in [0.15, 0.2) is 28.0 Å². The maximum Gasteiger partial charge on any atom is 0.319 e. The summed E-state index contributed by atoms with van der Waals surface area (Å²) in [5, 5.41) is 14.4. The maximum atomic E-state index is 11.1. The van der Waals surface area contributed by atoms with Crippen molar-refractivity contribution in [2.24, 2.45) is 0 Å². The number of rotatable bonds is 7. The predicted octanol–water partition coefficient (Wildman–Crippen LogP) is 3.46. The zero-order valence-electron chi connectivity index (χ0n) is 12.8. The molecule has 2 heterocycles. The Labute approximate surface area is 138 Å². The van der Waals surface area contributed by atoms with E-state index < -0.39 is 10.7 Å². The minimum Gasteiger partial charge on any atom is -0.480 e. The van der Waals surface area contributed by atoms with E-state index in [1.54, 1.807) is 13.8 Å². The molecule has 0 aliphatic rings. The molecule has 0 radical (unpaired) electrons. The maximum absolute atomic E-state index is 11.1. The molecule has 0 atom stereocenters. The lowest BCUT2D eigenvalue weighted by Crippen LogP contribution is -2.26. The quantitative estimate of drug-likeness (QED) is 0.754. The van der Waals surface area contributed by atoms with Crippen LogP contribution in [-0.4, -0.2) is 32.3 Å². The Balaban J connectivity index is 1.84. The van der Waals surface area contributed by atoms with Crippen LogP contribution in [0.4, 0.5) is 5.82 Å². The predicted molar refractivity (Wildman–Crippen MR) is 90.9 cm³/mol. The molecule has 0 saturated carbocycles. The van der Waals surface area contributed by atoms with Crippen molar-refractivity contribution < 1.29 is 9.90 Å². The third-order valence-corrected chi connectivity index (χ3v) is 5.16. The fraction of sp³-hybridized carbons (Fsp3) is 0.400. The number of thiazole rings is 1. The highest BCUT2D eigenvalue weighted by atomic mass is 32.2. The smallest absolute Gasteiger partial charge is 0.319 e. The van der Waals surface area contributed by atoms with Crippen LogP contribution >= 0.6 is 23.1 Å². The second-order valence-electron chi connectivity index (χ2n) is 5.42. The largest absolute Gasteiger partial charge is 0.480 e. The van der Waals surface area contributed by atoms with Crippen LogP contribution in [0.25, 0.3) is 0 Å². The van der Waals surface area contributed by atoms with E-state index in [-0.39, 0.29) is 0 Å². The summed E-state index contributed by atoms with van der Waals surface area (Å²) < 4.78 is -0.0741. The van der Waals surface area contributed by atoms with E-state index in [4.69, 9.17) is 5.11 Å². The average Bonchev–Trinajstić information content (AvgIpc) is 2.87. The van der Waals surface area contributed by atoms with Gasteiger partial charge in [0.15, 0.2) is 4.34 Å². The molecule has 0 unspecified atom stereocenters. The molecule has 0 bridgehead atoms. The van der Waals surface area contributed by atoms with Gasteiger partial charge in [-0.2, -0.15) is 0 Å². The van der Waals surface area contributed by atoms with Gasteiger partial charge < -0.3 is 10.4 Å². The second-order valence-corrected chi connectivity index (χ2v) is 8.15. The zero-order valence-corrected chi connectivity index (χ0v) is 14.4. The number of pyridine rings is 1. The molecule has 0 spiro atoms. The summed E-state index contributed by atoms with van der Waals surface area (Å²) in [5.74, 6) is 0.0174. The molecule has 0 aromatic carbocycles. The third-order valence-electron chi connectivity index (χ3n) is 2.99. The second kappa shape index (κ2) is 7.11. The Bertz CT molecular complexity index is 638. The molecule has 0 aliphatic heterocycles. The number of nitrogens with one attached hydrogen (secondary N) is 1. The Kier molecular flexibility index (Phi) is 5.42. The number of carbonyl (C=O) groups is 1. The molecule has 22 heavy (non-hydrogen) atoms. The number of hydrogen-bond donors (Lipinski definition) is 2. The van der Waals surface area contributed by atoms with Gasteiger partial charge in [-0.1, -0.05) is 17.8 Å². The van der Waals surface area contributed by atoms with E-state index in [2.05, 4.69) is 15.3 Å². The van der Waals surface area contributed by atoms with Gasteiger partial charge in [-0.05, 0) is 32.4 Å². The summed E-state index contributed by atoms with van der Waals surface area (Å²) in [4.78, 5) is 19.9. The highest BCUT2D eigenvalue weighted by molar-refractivity contribution is 8.02. The van der Waals surface area contributed by atoms with Crippen molar-refractivity contribution in [3.8, 4) is 0 Å². The van der Waals surface area contributed by atoms with Gasteiger partial charge in [0.05, 0.1) is 5.69 Å². The third kappa shape index (κ3) is 4.71. The van der Waals surface area contributed by atoms with Crippen LogP contribution in [0.2, 0.25) is 0 Å². The lowest BCUT2D eigenvalue weighted by molar-refractivity contribution is -0.138. The van der Waals surface area contributed by atoms with Crippen LogP contribution in [0.1, 0.15) is 25.1 Å². The summed E-state index contributed by atoms with van der Waals surface area (Å²) in [6.45, 7) is 6.12. The van der Waals surface area contributed by atoms with Gasteiger partial charge >= 0.3 is 5.97 Å². The van der Waals surface area contributed by atoms with E-state index in [0.29, 0.717) is 0 Å². The average molecular weight is 337 g/mol. The molecule has 118 valence electrons. The molecule has 2 aromatic heterocycles. The standard InChI is InChI=1S/C15H19N3O2S2/c1-10-4-5-12(17-8-10)16-7-6-11-9-21-14(18-11)22-15(2,3)13(19)20/h4-5,8-9H,6-7H2,1-3H3,(H,16,17)(H,19,20). The van der Waals surface area contributed by atoms with Crippen LogP contribution in [0.3, 0.4) is 0 Å². The van der Waals surface area contributed by atoms with E-state index in [1.165, 1.54) is 23.1 Å². The molecule has 0 aliphatic carbocycles. The van der Waals surface area contributed by atoms with Gasteiger partial charge in [0.1, 0.15) is 10.6 Å². The zero-order chi connectivity index (χ0) is 16.2. The van der Waals surface area contributed by atoms with E-state index in [0.717, 1.165) is 34.4 Å². The molecule has 5 nitrogen and oxygen atoms in total. The molecule has 0 saturated heterocycles. The molecule has 7 heteroatoms. The van der Waals surface area contributed by atoms with Crippen molar-refractivity contribution in [2.45, 2.75) is 36.3 Å². The van der Waals surface area contributed by atoms with Crippen molar-refractivity contribution >= 4 is 34.9 Å². The van der Waals surface area contributed by atoms with Gasteiger partial charge in [0.2, 0.25) is 0 Å². The number of aliphatic carboxylic acids is 1. The van der Waals surface area contributed by atoms with E-state index in [1.807, 2.05) is 30.6 Å². The summed E-state index contributed by atoms with van der Waals surface area (Å²) in [6.07, 6.45) is 2.61. The number of nitrogens with zero attached hydrogens (tertiary/aromatic N) is 2. The molecule has 2 rings (SSSR count). The van der Waals surface area contributed by atoms with Gasteiger partial charge in [-0.3, -0.25) is 4.79 Å². The van der Waals surface area contributed by atoms with Crippen molar-refractivity contribution in [1.29, 1.82) is 0 Å². The first-order chi connectivity index (χ1) is 10.4. The Hall–Kier alpha value is -1.60. The van der Waals surface area contributed by atoms with Crippen LogP contribution in [0, 0.1) is 6.92 Å². The van der Waals surface area contributed by atoms with Crippen molar-refractivity contribution in [3.05, 3.63) is 35.0 Å². The van der Waals surface area contributed by atoms with E-state index >= 15 is 0 Å². The Morgan fingerprint density at radius 2 is 2.23 bits per heavy atom. The minimum absolute atomic E-state index is 0.742. The SMILES string of the molecule is Cc1ccc(NCCc2csc(SC(C)(C)C(=O)O)n2)nc1. The van der Waals surface area contributed by atoms with Crippen molar-refractivity contribution in [2.75, 3.05) is 11.9 Å². The number of carboxylic acids is 1. The van der Waals surface area contributed by atoms with Crippen LogP contribution in [0.5, 0.6) is 0 Å². The van der Waals surface area contributed by atoms with E-state index in [9.17, 15) is 4.79 Å². The first-order valence-electron chi connectivity index (χ1n) is 6.90. The minimum atomic E-state index is -0.862. The lowest BCUT2D eigenvalue weighted by Gasteiger charge is -2.15.